The molecule has 2 N–H and O–H groups in total. The molecule has 0 saturated carbocycles. The van der Waals surface area contributed by atoms with Gasteiger partial charge in [-0.05, 0) is 6.07 Å². The number of benzene rings is 1. The van der Waals surface area contributed by atoms with Crippen LogP contribution in [0.3, 0.4) is 0 Å². The van der Waals surface area contributed by atoms with Gasteiger partial charge in [0.1, 0.15) is 13.1 Å². The second-order valence-electron chi connectivity index (χ2n) is 4.54. The maximum absolute atomic E-state index is 12.0. The summed E-state index contributed by atoms with van der Waals surface area (Å²) in [5.74, 6) is -3.04. The van der Waals surface area contributed by atoms with Crippen molar-refractivity contribution in [2.45, 2.75) is 0 Å². The number of non-ortho nitro benzene ring substituents is 1. The third kappa shape index (κ3) is 5.89. The Hall–Kier alpha value is -3.50. The number of nitro groups is 1. The summed E-state index contributed by atoms with van der Waals surface area (Å²) in [5, 5.41) is 15.4. The van der Waals surface area contributed by atoms with Gasteiger partial charge in [0.05, 0.1) is 19.1 Å². The van der Waals surface area contributed by atoms with Crippen LogP contribution in [0.25, 0.3) is 0 Å². The quantitative estimate of drug-likeness (QED) is 0.374. The van der Waals surface area contributed by atoms with Gasteiger partial charge in [-0.15, -0.1) is 0 Å². The Morgan fingerprint density at radius 1 is 0.920 bits per heavy atom. The van der Waals surface area contributed by atoms with Crippen LogP contribution >= 0.6 is 0 Å². The molecule has 0 aliphatic heterocycles. The molecule has 0 atom stereocenters. The van der Waals surface area contributed by atoms with E-state index in [-0.39, 0.29) is 11.1 Å². The summed E-state index contributed by atoms with van der Waals surface area (Å²) >= 11 is 0. The van der Waals surface area contributed by atoms with Gasteiger partial charge in [0.2, 0.25) is 0 Å². The van der Waals surface area contributed by atoms with Crippen LogP contribution in [0, 0.1) is 10.1 Å². The standard InChI is InChI=1S/C14H15N3O8/c1-24-11(18)6-15-13(20)8-3-9(5-10(4-8)17(22)23)14(21)16-7-12(19)25-2/h3-5H,6-7H2,1-2H3,(H,15,20)(H,16,21). The van der Waals surface area contributed by atoms with E-state index in [2.05, 4.69) is 20.1 Å². The molecule has 0 aliphatic carbocycles. The fourth-order valence-corrected chi connectivity index (χ4v) is 1.63. The maximum atomic E-state index is 12.0. The van der Waals surface area contributed by atoms with E-state index in [0.717, 1.165) is 32.4 Å². The Morgan fingerprint density at radius 2 is 1.32 bits per heavy atom. The monoisotopic (exact) mass is 353 g/mol. The Kier molecular flexibility index (Phi) is 7.00. The summed E-state index contributed by atoms with van der Waals surface area (Å²) < 4.78 is 8.71. The van der Waals surface area contributed by atoms with Crippen LogP contribution in [0.2, 0.25) is 0 Å². The zero-order valence-corrected chi connectivity index (χ0v) is 13.4. The number of amides is 2. The third-order valence-corrected chi connectivity index (χ3v) is 2.89. The second kappa shape index (κ2) is 8.96. The molecule has 1 rings (SSSR count). The van der Waals surface area contributed by atoms with Crippen LogP contribution in [0.5, 0.6) is 0 Å². The number of hydrogen-bond acceptors (Lipinski definition) is 8. The lowest BCUT2D eigenvalue weighted by Crippen LogP contribution is -2.32. The molecule has 1 aromatic rings. The molecule has 0 aromatic heterocycles. The summed E-state index contributed by atoms with van der Waals surface area (Å²) in [6.45, 7) is -0.885. The molecule has 25 heavy (non-hydrogen) atoms. The molecule has 0 saturated heterocycles. The van der Waals surface area contributed by atoms with Crippen molar-refractivity contribution in [2.75, 3.05) is 27.3 Å². The van der Waals surface area contributed by atoms with Gasteiger partial charge in [0, 0.05) is 23.3 Å². The smallest absolute Gasteiger partial charge is 0.325 e. The van der Waals surface area contributed by atoms with Crippen molar-refractivity contribution in [1.82, 2.24) is 10.6 Å². The Bertz CT molecular complexity index is 666. The number of carbonyl (C=O) groups is 4. The predicted molar refractivity (Wildman–Crippen MR) is 81.8 cm³/mol. The summed E-state index contributed by atoms with van der Waals surface area (Å²) in [5.41, 5.74) is -0.920. The molecule has 0 bridgehead atoms. The minimum absolute atomic E-state index is 0.207. The molecular formula is C14H15N3O8. The van der Waals surface area contributed by atoms with E-state index in [1.165, 1.54) is 0 Å². The second-order valence-corrected chi connectivity index (χ2v) is 4.54. The van der Waals surface area contributed by atoms with Crippen LogP contribution in [0.15, 0.2) is 18.2 Å². The minimum atomic E-state index is -0.809. The van der Waals surface area contributed by atoms with Crippen molar-refractivity contribution < 1.29 is 33.6 Å². The van der Waals surface area contributed by atoms with E-state index in [9.17, 15) is 29.3 Å². The van der Waals surface area contributed by atoms with Crippen LogP contribution in [-0.2, 0) is 19.1 Å². The molecule has 134 valence electrons. The number of nitro benzene ring substituents is 1. The maximum Gasteiger partial charge on any atom is 0.325 e. The van der Waals surface area contributed by atoms with Crippen molar-refractivity contribution in [3.05, 3.63) is 39.4 Å². The zero-order valence-electron chi connectivity index (χ0n) is 13.4. The van der Waals surface area contributed by atoms with Gasteiger partial charge in [-0.25, -0.2) is 0 Å². The topological polar surface area (TPSA) is 154 Å². The van der Waals surface area contributed by atoms with Crippen molar-refractivity contribution in [2.24, 2.45) is 0 Å². The zero-order chi connectivity index (χ0) is 19.0. The number of hydrogen-bond donors (Lipinski definition) is 2. The first-order valence-corrected chi connectivity index (χ1v) is 6.78. The molecule has 0 radical (unpaired) electrons. The van der Waals surface area contributed by atoms with E-state index in [1.807, 2.05) is 0 Å². The Morgan fingerprint density at radius 3 is 1.64 bits per heavy atom. The van der Waals surface area contributed by atoms with Crippen LogP contribution < -0.4 is 10.6 Å². The lowest BCUT2D eigenvalue weighted by Gasteiger charge is -2.07. The molecule has 0 fully saturated rings. The molecule has 0 heterocycles. The molecule has 11 heteroatoms. The van der Waals surface area contributed by atoms with Gasteiger partial charge >= 0.3 is 11.9 Å². The van der Waals surface area contributed by atoms with Gasteiger partial charge in [-0.1, -0.05) is 0 Å². The third-order valence-electron chi connectivity index (χ3n) is 2.89. The molecule has 0 spiro atoms. The SMILES string of the molecule is COC(=O)CNC(=O)c1cc(C(=O)NCC(=O)OC)cc([N+](=O)[O-])c1. The average Bonchev–Trinajstić information content (AvgIpc) is 2.62. The molecule has 11 nitrogen and oxygen atoms in total. The number of esters is 2. The number of rotatable bonds is 7. The van der Waals surface area contributed by atoms with Crippen molar-refractivity contribution in [3.8, 4) is 0 Å². The van der Waals surface area contributed by atoms with E-state index < -0.39 is 47.5 Å². The number of carbonyl (C=O) groups excluding carboxylic acids is 4. The van der Waals surface area contributed by atoms with Gasteiger partial charge in [0.15, 0.2) is 0 Å². The molecule has 0 unspecified atom stereocenters. The number of ether oxygens (including phenoxy) is 2. The lowest BCUT2D eigenvalue weighted by atomic mass is 10.1. The highest BCUT2D eigenvalue weighted by Crippen LogP contribution is 2.17. The number of methoxy groups -OCH3 is 2. The largest absolute Gasteiger partial charge is 0.468 e. The highest BCUT2D eigenvalue weighted by molar-refractivity contribution is 6.02. The van der Waals surface area contributed by atoms with E-state index in [4.69, 9.17) is 0 Å². The number of nitrogens with zero attached hydrogens (tertiary/aromatic N) is 1. The Balaban J connectivity index is 3.02. The van der Waals surface area contributed by atoms with Crippen LogP contribution in [0.1, 0.15) is 20.7 Å². The fraction of sp³-hybridized carbons (Fsp3) is 0.286. The van der Waals surface area contributed by atoms with Gasteiger partial charge < -0.3 is 20.1 Å². The van der Waals surface area contributed by atoms with Crippen LogP contribution in [0.4, 0.5) is 5.69 Å². The lowest BCUT2D eigenvalue weighted by molar-refractivity contribution is -0.384. The Labute approximate surface area is 141 Å². The summed E-state index contributed by atoms with van der Waals surface area (Å²) in [6, 6.07) is 2.99. The molecular weight excluding hydrogens is 338 g/mol. The van der Waals surface area contributed by atoms with Gasteiger partial charge in [0.25, 0.3) is 17.5 Å². The highest BCUT2D eigenvalue weighted by Gasteiger charge is 2.19. The molecule has 2 amide bonds. The van der Waals surface area contributed by atoms with Gasteiger partial charge in [-0.2, -0.15) is 0 Å². The first-order valence-electron chi connectivity index (χ1n) is 6.78. The number of nitrogens with one attached hydrogen (secondary N) is 2. The van der Waals surface area contributed by atoms with E-state index in [1.54, 1.807) is 0 Å². The summed E-state index contributed by atoms with van der Waals surface area (Å²) in [4.78, 5) is 56.2. The summed E-state index contributed by atoms with van der Waals surface area (Å²) in [6.07, 6.45) is 0. The van der Waals surface area contributed by atoms with E-state index in [0.29, 0.717) is 0 Å². The molecule has 0 aliphatic rings. The first-order chi connectivity index (χ1) is 11.8. The highest BCUT2D eigenvalue weighted by atomic mass is 16.6. The minimum Gasteiger partial charge on any atom is -0.468 e. The normalized spacial score (nSPS) is 9.68. The molecule has 1 aromatic carbocycles. The van der Waals surface area contributed by atoms with Crippen molar-refractivity contribution in [1.29, 1.82) is 0 Å². The van der Waals surface area contributed by atoms with E-state index >= 15 is 0 Å². The van der Waals surface area contributed by atoms with Crippen molar-refractivity contribution >= 4 is 29.4 Å². The van der Waals surface area contributed by atoms with Crippen molar-refractivity contribution in [3.63, 3.8) is 0 Å². The first kappa shape index (κ1) is 19.5. The average molecular weight is 353 g/mol. The fourth-order valence-electron chi connectivity index (χ4n) is 1.63. The predicted octanol–water partition coefficient (Wildman–Crippen LogP) is -0.600. The van der Waals surface area contributed by atoms with Gasteiger partial charge in [-0.3, -0.25) is 29.3 Å². The van der Waals surface area contributed by atoms with Crippen LogP contribution in [-0.4, -0.2) is 56.0 Å². The summed E-state index contributed by atoms with van der Waals surface area (Å²) in [7, 11) is 2.26.